The van der Waals surface area contributed by atoms with Crippen LogP contribution in [0.5, 0.6) is 11.5 Å². The zero-order valence-electron chi connectivity index (χ0n) is 18.5. The van der Waals surface area contributed by atoms with E-state index in [1.807, 2.05) is 30.3 Å². The van der Waals surface area contributed by atoms with Crippen molar-refractivity contribution in [1.29, 1.82) is 0 Å². The van der Waals surface area contributed by atoms with Gasteiger partial charge >= 0.3 is 0 Å². The van der Waals surface area contributed by atoms with Gasteiger partial charge in [-0.3, -0.25) is 14.9 Å². The molecule has 0 aliphatic heterocycles. The molecule has 0 bridgehead atoms. The van der Waals surface area contributed by atoms with Crippen molar-refractivity contribution in [2.75, 3.05) is 13.7 Å². The summed E-state index contributed by atoms with van der Waals surface area (Å²) in [6.07, 6.45) is 5.53. The largest absolute Gasteiger partial charge is 0.493 e. The van der Waals surface area contributed by atoms with E-state index in [9.17, 15) is 9.59 Å². The van der Waals surface area contributed by atoms with Gasteiger partial charge in [-0.15, -0.1) is 0 Å². The summed E-state index contributed by atoms with van der Waals surface area (Å²) in [5, 5.41) is 3.35. The van der Waals surface area contributed by atoms with E-state index in [1.54, 1.807) is 19.2 Å². The normalized spacial score (nSPS) is 13.8. The van der Waals surface area contributed by atoms with Gasteiger partial charge < -0.3 is 20.1 Å². The standard InChI is InChI=1S/C24H28IN3O4S/c1-31-21-13-16(11-12-20(21)32-15-22(26)29)14-28(17-7-3-2-4-8-17)24(33)27-23(30)18-9-5-6-10-19(18)25/h5-6,9-13,17H,2-4,7-8,14-15H2,1H3,(H2,26,29)(H,27,30,33). The third kappa shape index (κ3) is 7.04. The summed E-state index contributed by atoms with van der Waals surface area (Å²) in [7, 11) is 1.54. The minimum absolute atomic E-state index is 0.210. The van der Waals surface area contributed by atoms with Crippen LogP contribution in [0.25, 0.3) is 0 Å². The van der Waals surface area contributed by atoms with Crippen LogP contribution in [0.1, 0.15) is 48.0 Å². The highest BCUT2D eigenvalue weighted by Crippen LogP contribution is 2.30. The monoisotopic (exact) mass is 581 g/mol. The molecule has 0 atom stereocenters. The number of carbonyl (C=O) groups excluding carboxylic acids is 2. The fourth-order valence-electron chi connectivity index (χ4n) is 3.92. The number of hydrogen-bond acceptors (Lipinski definition) is 5. The summed E-state index contributed by atoms with van der Waals surface area (Å²) in [4.78, 5) is 26.0. The van der Waals surface area contributed by atoms with Gasteiger partial charge in [0.1, 0.15) is 0 Å². The Morgan fingerprint density at radius 3 is 2.55 bits per heavy atom. The third-order valence-corrected chi connectivity index (χ3v) is 6.84. The maximum Gasteiger partial charge on any atom is 0.258 e. The zero-order valence-corrected chi connectivity index (χ0v) is 21.5. The smallest absolute Gasteiger partial charge is 0.258 e. The Kier molecular flexibility index (Phi) is 9.30. The molecule has 3 N–H and O–H groups in total. The Morgan fingerprint density at radius 2 is 1.88 bits per heavy atom. The summed E-state index contributed by atoms with van der Waals surface area (Å²) < 4.78 is 11.7. The van der Waals surface area contributed by atoms with E-state index < -0.39 is 5.91 Å². The summed E-state index contributed by atoms with van der Waals surface area (Å²) in [6.45, 7) is 0.292. The quantitative estimate of drug-likeness (QED) is 0.362. The highest BCUT2D eigenvalue weighted by molar-refractivity contribution is 14.1. The van der Waals surface area contributed by atoms with Crippen LogP contribution in [-0.2, 0) is 11.3 Å². The molecule has 1 saturated carbocycles. The van der Waals surface area contributed by atoms with Crippen LogP contribution in [0.4, 0.5) is 0 Å². The van der Waals surface area contributed by atoms with Crippen molar-refractivity contribution in [3.63, 3.8) is 0 Å². The topological polar surface area (TPSA) is 93.9 Å². The molecule has 2 aromatic rings. The van der Waals surface area contributed by atoms with Gasteiger partial charge in [0.25, 0.3) is 11.8 Å². The number of nitrogens with zero attached hydrogens (tertiary/aromatic N) is 1. The molecule has 0 aromatic heterocycles. The molecule has 3 rings (SSSR count). The highest BCUT2D eigenvalue weighted by atomic mass is 127. The van der Waals surface area contributed by atoms with Gasteiger partial charge in [-0.1, -0.05) is 37.5 Å². The van der Waals surface area contributed by atoms with E-state index in [2.05, 4.69) is 32.8 Å². The van der Waals surface area contributed by atoms with Gasteiger partial charge in [-0.2, -0.15) is 0 Å². The van der Waals surface area contributed by atoms with Crippen molar-refractivity contribution < 1.29 is 19.1 Å². The molecule has 9 heteroatoms. The SMILES string of the molecule is COc1cc(CN(C(=S)NC(=O)c2ccccc2I)C2CCCCC2)ccc1OCC(N)=O. The zero-order chi connectivity index (χ0) is 23.8. The number of rotatable bonds is 8. The number of carbonyl (C=O) groups is 2. The lowest BCUT2D eigenvalue weighted by atomic mass is 9.94. The fraction of sp³-hybridized carbons (Fsp3) is 0.375. The summed E-state index contributed by atoms with van der Waals surface area (Å²) >= 11 is 7.87. The third-order valence-electron chi connectivity index (χ3n) is 5.57. The van der Waals surface area contributed by atoms with Gasteiger partial charge in [-0.25, -0.2) is 0 Å². The fourth-order valence-corrected chi connectivity index (χ4v) is 4.85. The molecule has 176 valence electrons. The van der Waals surface area contributed by atoms with Crippen LogP contribution in [0, 0.1) is 3.57 Å². The average Bonchev–Trinajstić information content (AvgIpc) is 2.82. The van der Waals surface area contributed by atoms with Gasteiger partial charge in [0.2, 0.25) is 0 Å². The van der Waals surface area contributed by atoms with E-state index in [-0.39, 0.29) is 18.6 Å². The first-order chi connectivity index (χ1) is 15.9. The summed E-state index contributed by atoms with van der Waals surface area (Å²) in [6, 6.07) is 13.2. The number of amides is 2. The molecule has 0 unspecified atom stereocenters. The van der Waals surface area contributed by atoms with Crippen LogP contribution < -0.4 is 20.5 Å². The van der Waals surface area contributed by atoms with Crippen LogP contribution >= 0.6 is 34.8 Å². The van der Waals surface area contributed by atoms with Crippen molar-refractivity contribution in [2.24, 2.45) is 5.73 Å². The number of hydrogen-bond donors (Lipinski definition) is 2. The Balaban J connectivity index is 1.79. The van der Waals surface area contributed by atoms with E-state index >= 15 is 0 Å². The highest BCUT2D eigenvalue weighted by Gasteiger charge is 2.25. The van der Waals surface area contributed by atoms with Gasteiger partial charge in [0.05, 0.1) is 12.7 Å². The molecule has 1 aliphatic carbocycles. The van der Waals surface area contributed by atoms with Crippen molar-refractivity contribution in [1.82, 2.24) is 10.2 Å². The molecule has 0 saturated heterocycles. The average molecular weight is 581 g/mol. The Hall–Kier alpha value is -2.40. The first-order valence-electron chi connectivity index (χ1n) is 10.8. The molecule has 7 nitrogen and oxygen atoms in total. The lowest BCUT2D eigenvalue weighted by Crippen LogP contribution is -2.48. The number of ether oxygens (including phenoxy) is 2. The molecule has 0 spiro atoms. The first kappa shape index (κ1) is 25.2. The van der Waals surface area contributed by atoms with Crippen molar-refractivity contribution >= 4 is 51.7 Å². The maximum atomic E-state index is 12.9. The minimum atomic E-state index is -0.557. The van der Waals surface area contributed by atoms with E-state index in [1.165, 1.54) is 6.42 Å². The summed E-state index contributed by atoms with van der Waals surface area (Å²) in [5.74, 6) is 0.183. The maximum absolute atomic E-state index is 12.9. The Labute approximate surface area is 213 Å². The number of methoxy groups -OCH3 is 1. The second-order valence-corrected chi connectivity index (χ2v) is 9.45. The number of primary amides is 1. The first-order valence-corrected chi connectivity index (χ1v) is 12.3. The Bertz CT molecular complexity index is 1010. The molecule has 0 radical (unpaired) electrons. The molecule has 2 amide bonds. The Morgan fingerprint density at radius 1 is 1.15 bits per heavy atom. The predicted molar refractivity (Wildman–Crippen MR) is 139 cm³/mol. The predicted octanol–water partition coefficient (Wildman–Crippen LogP) is 4.01. The van der Waals surface area contributed by atoms with E-state index in [4.69, 9.17) is 27.4 Å². The van der Waals surface area contributed by atoms with Crippen LogP contribution in [-0.4, -0.2) is 41.6 Å². The van der Waals surface area contributed by atoms with Crippen molar-refractivity contribution in [3.05, 3.63) is 57.2 Å². The van der Waals surface area contributed by atoms with Crippen LogP contribution in [0.3, 0.4) is 0 Å². The number of halogens is 1. The number of thiocarbonyl (C=S) groups is 1. The van der Waals surface area contributed by atoms with Crippen molar-refractivity contribution in [2.45, 2.75) is 44.7 Å². The van der Waals surface area contributed by atoms with Crippen LogP contribution in [0.15, 0.2) is 42.5 Å². The van der Waals surface area contributed by atoms with Gasteiger partial charge in [0, 0.05) is 16.2 Å². The second-order valence-electron chi connectivity index (χ2n) is 7.90. The summed E-state index contributed by atoms with van der Waals surface area (Å²) in [5.41, 5.74) is 6.73. The van der Waals surface area contributed by atoms with Crippen LogP contribution in [0.2, 0.25) is 0 Å². The number of nitrogens with two attached hydrogens (primary N) is 1. The number of nitrogens with one attached hydrogen (secondary N) is 1. The molecule has 1 aliphatic rings. The van der Waals surface area contributed by atoms with Crippen molar-refractivity contribution in [3.8, 4) is 11.5 Å². The molecule has 33 heavy (non-hydrogen) atoms. The van der Waals surface area contributed by atoms with E-state index in [0.29, 0.717) is 28.7 Å². The number of benzene rings is 2. The molecule has 2 aromatic carbocycles. The molecule has 1 fully saturated rings. The second kappa shape index (κ2) is 12.2. The molecular weight excluding hydrogens is 553 g/mol. The lowest BCUT2D eigenvalue weighted by molar-refractivity contribution is -0.119. The van der Waals surface area contributed by atoms with Gasteiger partial charge in [0.15, 0.2) is 23.2 Å². The minimum Gasteiger partial charge on any atom is -0.493 e. The lowest BCUT2D eigenvalue weighted by Gasteiger charge is -2.36. The van der Waals surface area contributed by atoms with Gasteiger partial charge in [-0.05, 0) is 77.5 Å². The molecular formula is C24H28IN3O4S. The van der Waals surface area contributed by atoms with E-state index in [0.717, 1.165) is 34.8 Å². The molecule has 0 heterocycles.